The van der Waals surface area contributed by atoms with Crippen LogP contribution in [0.2, 0.25) is 0 Å². The maximum absolute atomic E-state index is 14.8. The van der Waals surface area contributed by atoms with Crippen LogP contribution in [0.3, 0.4) is 0 Å². The Bertz CT molecular complexity index is 841. The molecule has 2 aliphatic rings. The van der Waals surface area contributed by atoms with Crippen LogP contribution in [0.1, 0.15) is 5.01 Å². The number of anilines is 2. The Morgan fingerprint density at radius 2 is 2.08 bits per heavy atom. The van der Waals surface area contributed by atoms with E-state index >= 15 is 0 Å². The third-order valence-electron chi connectivity index (χ3n) is 4.27. The van der Waals surface area contributed by atoms with E-state index in [4.69, 9.17) is 10.00 Å². The summed E-state index contributed by atoms with van der Waals surface area (Å²) in [5.41, 5.74) is 0.692. The number of cyclic esters (lactones) is 1. The molecule has 1 radical (unpaired) electrons. The van der Waals surface area contributed by atoms with Gasteiger partial charge in [0.25, 0.3) is 0 Å². The van der Waals surface area contributed by atoms with Gasteiger partial charge in [0.1, 0.15) is 12.2 Å². The van der Waals surface area contributed by atoms with Crippen LogP contribution in [-0.2, 0) is 4.74 Å². The summed E-state index contributed by atoms with van der Waals surface area (Å²) in [6.07, 6.45) is -2.29. The molecule has 2 atom stereocenters. The number of carbonyl (C=O) groups is 1. The Kier molecular flexibility index (Phi) is 4.40. The Balaban J connectivity index is 1.49. The van der Waals surface area contributed by atoms with Crippen molar-refractivity contribution in [2.75, 3.05) is 29.4 Å². The van der Waals surface area contributed by atoms with Crippen LogP contribution in [0.25, 0.3) is 0 Å². The molecule has 10 heteroatoms. The molecule has 1 aromatic heterocycles. The number of amides is 1. The summed E-state index contributed by atoms with van der Waals surface area (Å²) in [6, 6.07) is 11.0. The molecular formula is C16H14FN6O2S. The van der Waals surface area contributed by atoms with Crippen LogP contribution < -0.4 is 9.80 Å². The molecule has 2 unspecified atom stereocenters. The highest BCUT2D eigenvalue weighted by atomic mass is 32.1. The van der Waals surface area contributed by atoms with Crippen LogP contribution >= 0.6 is 11.3 Å². The summed E-state index contributed by atoms with van der Waals surface area (Å²) in [5.74, 6) is 0. The molecule has 2 saturated heterocycles. The molecule has 1 aromatic carbocycles. The third kappa shape index (κ3) is 2.95. The van der Waals surface area contributed by atoms with Gasteiger partial charge in [0, 0.05) is 18.8 Å². The van der Waals surface area contributed by atoms with E-state index in [1.165, 1.54) is 16.4 Å². The lowest BCUT2D eigenvalue weighted by molar-refractivity contribution is 0.119. The molecule has 1 amide bonds. The van der Waals surface area contributed by atoms with Crippen molar-refractivity contribution in [3.8, 4) is 6.07 Å². The number of hydrogen-bond acceptors (Lipinski definition) is 8. The van der Waals surface area contributed by atoms with Gasteiger partial charge in [0.05, 0.1) is 6.54 Å². The molecule has 3 heterocycles. The number of alkyl halides is 1. The second-order valence-electron chi connectivity index (χ2n) is 5.76. The van der Waals surface area contributed by atoms with Crippen LogP contribution in [-0.4, -0.2) is 53.3 Å². The van der Waals surface area contributed by atoms with Gasteiger partial charge in [-0.25, -0.2) is 9.18 Å². The Morgan fingerprint density at radius 1 is 1.27 bits per heavy atom. The van der Waals surface area contributed by atoms with Crippen molar-refractivity contribution in [1.29, 1.82) is 5.26 Å². The van der Waals surface area contributed by atoms with E-state index in [1.54, 1.807) is 12.1 Å². The molecule has 0 bridgehead atoms. The molecule has 4 rings (SSSR count). The van der Waals surface area contributed by atoms with Gasteiger partial charge in [-0.1, -0.05) is 29.5 Å². The molecule has 8 nitrogen and oxygen atoms in total. The molecule has 133 valence electrons. The van der Waals surface area contributed by atoms with Crippen molar-refractivity contribution < 1.29 is 13.9 Å². The summed E-state index contributed by atoms with van der Waals surface area (Å²) < 4.78 is 19.8. The predicted octanol–water partition coefficient (Wildman–Crippen LogP) is 1.97. The fourth-order valence-corrected chi connectivity index (χ4v) is 3.74. The van der Waals surface area contributed by atoms with Gasteiger partial charge >= 0.3 is 6.09 Å². The lowest BCUT2D eigenvalue weighted by Crippen LogP contribution is -2.57. The molecule has 2 fully saturated rings. The normalized spacial score (nSPS) is 23.8. The molecule has 2 aliphatic heterocycles. The summed E-state index contributed by atoms with van der Waals surface area (Å²) in [7, 11) is 0. The van der Waals surface area contributed by atoms with E-state index in [9.17, 15) is 9.18 Å². The van der Waals surface area contributed by atoms with Crippen LogP contribution in [0.15, 0.2) is 30.3 Å². The maximum atomic E-state index is 14.8. The molecular weight excluding hydrogens is 359 g/mol. The van der Waals surface area contributed by atoms with Crippen molar-refractivity contribution >= 4 is 28.2 Å². The van der Waals surface area contributed by atoms with Crippen LogP contribution in [0.4, 0.5) is 20.0 Å². The van der Waals surface area contributed by atoms with Crippen molar-refractivity contribution in [3.05, 3.63) is 41.9 Å². The fraction of sp³-hybridized carbons (Fsp3) is 0.312. The van der Waals surface area contributed by atoms with E-state index < -0.39 is 18.6 Å². The third-order valence-corrected chi connectivity index (χ3v) is 5.13. The monoisotopic (exact) mass is 373 g/mol. The number of halogens is 1. The number of ether oxygens (including phenoxy) is 1. The molecule has 26 heavy (non-hydrogen) atoms. The minimum absolute atomic E-state index is 0.0720. The standard InChI is InChI=1S/C16H14FN6O2S/c17-12-9-21(6-7-22(12)15-20-19-13(8-18)26-15)14-10-25-16(24)23(14)11-4-2-1-3-5-11/h1-5,10,12,14H,6-7,9H2. The first kappa shape index (κ1) is 16.7. The highest BCUT2D eigenvalue weighted by molar-refractivity contribution is 7.15. The molecule has 0 spiro atoms. The number of para-hydroxylation sites is 1. The number of hydrogen-bond donors (Lipinski definition) is 0. The van der Waals surface area contributed by atoms with Gasteiger partial charge in [-0.3, -0.25) is 9.80 Å². The lowest BCUT2D eigenvalue weighted by Gasteiger charge is -2.40. The maximum Gasteiger partial charge on any atom is 0.416 e. The highest BCUT2D eigenvalue weighted by Gasteiger charge is 2.42. The number of aromatic nitrogens is 2. The highest BCUT2D eigenvalue weighted by Crippen LogP contribution is 2.30. The number of piperazine rings is 1. The summed E-state index contributed by atoms with van der Waals surface area (Å²) >= 11 is 1.06. The van der Waals surface area contributed by atoms with Gasteiger partial charge in [-0.05, 0) is 12.1 Å². The number of benzene rings is 1. The SMILES string of the molecule is N#Cc1nnc(N2CCN(C3[CH]OC(=O)N3c3ccccc3)CC2F)s1. The number of rotatable bonds is 3. The average Bonchev–Trinajstić information content (AvgIpc) is 3.29. The first-order chi connectivity index (χ1) is 12.7. The van der Waals surface area contributed by atoms with E-state index in [0.29, 0.717) is 23.9 Å². The molecule has 0 saturated carbocycles. The van der Waals surface area contributed by atoms with Crippen LogP contribution in [0, 0.1) is 17.9 Å². The summed E-state index contributed by atoms with van der Waals surface area (Å²) in [4.78, 5) is 17.0. The largest absolute Gasteiger partial charge is 0.438 e. The summed E-state index contributed by atoms with van der Waals surface area (Å²) in [6.45, 7) is 2.37. The zero-order valence-corrected chi connectivity index (χ0v) is 14.3. The quantitative estimate of drug-likeness (QED) is 0.761. The van der Waals surface area contributed by atoms with E-state index in [-0.39, 0.29) is 11.6 Å². The van der Waals surface area contributed by atoms with E-state index in [0.717, 1.165) is 11.3 Å². The second-order valence-corrected chi connectivity index (χ2v) is 6.72. The lowest BCUT2D eigenvalue weighted by atomic mass is 10.2. The zero-order chi connectivity index (χ0) is 18.1. The van der Waals surface area contributed by atoms with Gasteiger partial charge in [0.15, 0.2) is 12.9 Å². The van der Waals surface area contributed by atoms with Gasteiger partial charge in [-0.2, -0.15) is 5.26 Å². The Hall–Kier alpha value is -2.77. The first-order valence-corrected chi connectivity index (χ1v) is 8.75. The molecule has 0 N–H and O–H groups in total. The van der Waals surface area contributed by atoms with E-state index in [1.807, 2.05) is 29.2 Å². The van der Waals surface area contributed by atoms with Crippen molar-refractivity contribution in [1.82, 2.24) is 15.1 Å². The minimum atomic E-state index is -1.33. The number of nitrogens with zero attached hydrogens (tertiary/aromatic N) is 6. The smallest absolute Gasteiger partial charge is 0.416 e. The average molecular weight is 373 g/mol. The predicted molar refractivity (Wildman–Crippen MR) is 91.9 cm³/mol. The van der Waals surface area contributed by atoms with Crippen molar-refractivity contribution in [3.63, 3.8) is 0 Å². The zero-order valence-electron chi connectivity index (χ0n) is 13.5. The topological polar surface area (TPSA) is 85.6 Å². The van der Waals surface area contributed by atoms with Crippen molar-refractivity contribution in [2.24, 2.45) is 0 Å². The summed E-state index contributed by atoms with van der Waals surface area (Å²) in [5, 5.41) is 17.0. The van der Waals surface area contributed by atoms with Gasteiger partial charge in [0.2, 0.25) is 10.1 Å². The van der Waals surface area contributed by atoms with Gasteiger partial charge in [-0.15, -0.1) is 10.2 Å². The second kappa shape index (κ2) is 6.86. The van der Waals surface area contributed by atoms with Gasteiger partial charge < -0.3 is 9.64 Å². The van der Waals surface area contributed by atoms with Crippen molar-refractivity contribution in [2.45, 2.75) is 12.5 Å². The number of carbonyl (C=O) groups excluding carboxylic acids is 1. The molecule has 0 aliphatic carbocycles. The van der Waals surface area contributed by atoms with Crippen LogP contribution in [0.5, 0.6) is 0 Å². The fourth-order valence-electron chi connectivity index (χ4n) is 3.03. The van der Waals surface area contributed by atoms with E-state index in [2.05, 4.69) is 10.2 Å². The number of nitriles is 1. The Labute approximate surface area is 153 Å². The molecule has 2 aromatic rings. The first-order valence-electron chi connectivity index (χ1n) is 7.94. The Morgan fingerprint density at radius 3 is 2.77 bits per heavy atom. The minimum Gasteiger partial charge on any atom is -0.438 e.